The first-order valence-corrected chi connectivity index (χ1v) is 10.3. The molecule has 1 aliphatic carbocycles. The normalized spacial score (nSPS) is 11.9. The number of amides is 3. The average Bonchev–Trinajstić information content (AvgIpc) is 3.08. The summed E-state index contributed by atoms with van der Waals surface area (Å²) in [6.45, 7) is 1.82. The Balaban J connectivity index is 1.54. The molecule has 0 heterocycles. The molecular formula is C25H22N2O5. The highest BCUT2D eigenvalue weighted by Gasteiger charge is 2.30. The maximum Gasteiger partial charge on any atom is 0.322 e. The highest BCUT2D eigenvalue weighted by molar-refractivity contribution is 6.08. The predicted octanol–water partition coefficient (Wildman–Crippen LogP) is 4.31. The lowest BCUT2D eigenvalue weighted by Gasteiger charge is -2.17. The number of rotatable bonds is 5. The van der Waals surface area contributed by atoms with Crippen molar-refractivity contribution >= 4 is 17.9 Å². The van der Waals surface area contributed by atoms with Crippen LogP contribution in [0.15, 0.2) is 66.7 Å². The fraction of sp³-hybridized carbons (Fsp3) is 0.160. The second-order valence-corrected chi connectivity index (χ2v) is 7.41. The van der Waals surface area contributed by atoms with Gasteiger partial charge in [-0.3, -0.25) is 14.9 Å². The fourth-order valence-electron chi connectivity index (χ4n) is 3.85. The first kappa shape index (κ1) is 21.1. The van der Waals surface area contributed by atoms with E-state index in [-0.39, 0.29) is 17.7 Å². The lowest BCUT2D eigenvalue weighted by molar-refractivity contribution is -0.134. The van der Waals surface area contributed by atoms with Crippen molar-refractivity contribution in [3.63, 3.8) is 0 Å². The predicted molar refractivity (Wildman–Crippen MR) is 118 cm³/mol. The van der Waals surface area contributed by atoms with Gasteiger partial charge in [0.2, 0.25) is 0 Å². The lowest BCUT2D eigenvalue weighted by atomic mass is 10.1. The molecule has 3 N–H and O–H groups in total. The molecule has 0 atom stereocenters. The zero-order valence-electron chi connectivity index (χ0n) is 17.4. The molecule has 0 spiro atoms. The Hall–Kier alpha value is -4.13. The number of benzene rings is 3. The molecule has 3 amide bonds. The Morgan fingerprint density at radius 1 is 0.906 bits per heavy atom. The first-order valence-electron chi connectivity index (χ1n) is 10.3. The fourth-order valence-corrected chi connectivity index (χ4v) is 3.85. The molecule has 32 heavy (non-hydrogen) atoms. The van der Waals surface area contributed by atoms with Crippen molar-refractivity contribution in [3.05, 3.63) is 83.4 Å². The van der Waals surface area contributed by atoms with Gasteiger partial charge in [-0.05, 0) is 40.8 Å². The van der Waals surface area contributed by atoms with Crippen LogP contribution in [0.25, 0.3) is 11.1 Å². The van der Waals surface area contributed by atoms with Crippen LogP contribution in [0.5, 0.6) is 11.5 Å². The summed E-state index contributed by atoms with van der Waals surface area (Å²) in [6, 6.07) is 18.4. The molecule has 3 aromatic rings. The van der Waals surface area contributed by atoms with E-state index in [9.17, 15) is 19.5 Å². The van der Waals surface area contributed by atoms with Gasteiger partial charge in [-0.15, -0.1) is 0 Å². The molecule has 7 nitrogen and oxygen atoms in total. The number of aromatic hydroxyl groups is 1. The maximum absolute atomic E-state index is 12.8. The van der Waals surface area contributed by atoms with E-state index in [1.165, 1.54) is 18.2 Å². The second-order valence-electron chi connectivity index (χ2n) is 7.41. The monoisotopic (exact) mass is 430 g/mol. The van der Waals surface area contributed by atoms with E-state index >= 15 is 0 Å². The van der Waals surface area contributed by atoms with E-state index in [1.807, 2.05) is 55.5 Å². The molecule has 3 aromatic carbocycles. The van der Waals surface area contributed by atoms with Crippen molar-refractivity contribution in [3.8, 4) is 22.6 Å². The minimum absolute atomic E-state index is 0.106. The molecule has 0 saturated carbocycles. The standard InChI is InChI=1S/C25H22N2O5/c1-2-8-21(29)32-20-14-7-13-19(28)22(20)24(30)27-25(31)26-23-17-11-5-3-9-15(17)16-10-4-6-12-18(16)23/h3-7,9-14,23,28H,2,8H2,1H3,(H2,26,27,30,31). The summed E-state index contributed by atoms with van der Waals surface area (Å²) >= 11 is 0. The van der Waals surface area contributed by atoms with Crippen molar-refractivity contribution in [2.45, 2.75) is 25.8 Å². The number of carbonyl (C=O) groups is 3. The number of hydrogen-bond acceptors (Lipinski definition) is 5. The number of ether oxygens (including phenoxy) is 1. The van der Waals surface area contributed by atoms with Crippen LogP contribution in [-0.2, 0) is 4.79 Å². The summed E-state index contributed by atoms with van der Waals surface area (Å²) in [7, 11) is 0. The number of carbonyl (C=O) groups excluding carboxylic acids is 3. The van der Waals surface area contributed by atoms with E-state index in [0.29, 0.717) is 6.42 Å². The molecular weight excluding hydrogens is 408 g/mol. The zero-order valence-corrected chi connectivity index (χ0v) is 17.4. The van der Waals surface area contributed by atoms with Crippen LogP contribution >= 0.6 is 0 Å². The molecule has 0 unspecified atom stereocenters. The maximum atomic E-state index is 12.8. The highest BCUT2D eigenvalue weighted by atomic mass is 16.5. The quantitative estimate of drug-likeness (QED) is 0.413. The molecule has 0 aliphatic heterocycles. The molecule has 4 rings (SSSR count). The molecule has 0 aromatic heterocycles. The average molecular weight is 430 g/mol. The summed E-state index contributed by atoms with van der Waals surface area (Å²) < 4.78 is 5.20. The van der Waals surface area contributed by atoms with Crippen molar-refractivity contribution in [2.24, 2.45) is 0 Å². The number of imide groups is 1. The molecule has 0 bridgehead atoms. The smallest absolute Gasteiger partial charge is 0.322 e. The Bertz CT molecular complexity index is 1160. The summed E-state index contributed by atoms with van der Waals surface area (Å²) in [5.74, 6) is -1.91. The molecule has 0 saturated heterocycles. The minimum atomic E-state index is -0.875. The third kappa shape index (κ3) is 4.05. The largest absolute Gasteiger partial charge is 0.507 e. The van der Waals surface area contributed by atoms with Crippen LogP contribution in [0, 0.1) is 0 Å². The van der Waals surface area contributed by atoms with Crippen LogP contribution < -0.4 is 15.4 Å². The number of hydrogen-bond donors (Lipinski definition) is 3. The van der Waals surface area contributed by atoms with Crippen LogP contribution in [-0.4, -0.2) is 23.0 Å². The summed E-state index contributed by atoms with van der Waals surface area (Å²) in [4.78, 5) is 37.4. The molecule has 7 heteroatoms. The second kappa shape index (κ2) is 8.93. The van der Waals surface area contributed by atoms with Gasteiger partial charge in [-0.1, -0.05) is 61.5 Å². The number of urea groups is 1. The highest BCUT2D eigenvalue weighted by Crippen LogP contribution is 2.42. The van der Waals surface area contributed by atoms with Gasteiger partial charge in [-0.2, -0.15) is 0 Å². The molecule has 1 aliphatic rings. The van der Waals surface area contributed by atoms with Gasteiger partial charge in [0.15, 0.2) is 0 Å². The minimum Gasteiger partial charge on any atom is -0.507 e. The van der Waals surface area contributed by atoms with Crippen LogP contribution in [0.3, 0.4) is 0 Å². The lowest BCUT2D eigenvalue weighted by Crippen LogP contribution is -2.41. The van der Waals surface area contributed by atoms with Gasteiger partial charge < -0.3 is 15.2 Å². The third-order valence-corrected chi connectivity index (χ3v) is 5.25. The van der Waals surface area contributed by atoms with E-state index in [0.717, 1.165) is 22.3 Å². The summed E-state index contributed by atoms with van der Waals surface area (Å²) in [5, 5.41) is 15.2. The van der Waals surface area contributed by atoms with E-state index in [4.69, 9.17) is 4.74 Å². The Labute approximate surface area is 185 Å². The van der Waals surface area contributed by atoms with Crippen LogP contribution in [0.4, 0.5) is 4.79 Å². The van der Waals surface area contributed by atoms with Gasteiger partial charge in [0, 0.05) is 6.42 Å². The van der Waals surface area contributed by atoms with Gasteiger partial charge in [0.25, 0.3) is 5.91 Å². The SMILES string of the molecule is CCCC(=O)Oc1cccc(O)c1C(=O)NC(=O)NC1c2ccccc2-c2ccccc21. The van der Waals surface area contributed by atoms with Gasteiger partial charge in [0.05, 0.1) is 6.04 Å². The van der Waals surface area contributed by atoms with Crippen molar-refractivity contribution in [1.29, 1.82) is 0 Å². The Morgan fingerprint density at radius 2 is 1.53 bits per heavy atom. The van der Waals surface area contributed by atoms with E-state index in [1.54, 1.807) is 0 Å². The van der Waals surface area contributed by atoms with E-state index < -0.39 is 29.7 Å². The van der Waals surface area contributed by atoms with Crippen molar-refractivity contribution in [2.75, 3.05) is 0 Å². The molecule has 162 valence electrons. The topological polar surface area (TPSA) is 105 Å². The van der Waals surface area contributed by atoms with E-state index in [2.05, 4.69) is 10.6 Å². The number of esters is 1. The van der Waals surface area contributed by atoms with Crippen LogP contribution in [0.2, 0.25) is 0 Å². The summed E-state index contributed by atoms with van der Waals surface area (Å²) in [6.07, 6.45) is 0.740. The summed E-state index contributed by atoms with van der Waals surface area (Å²) in [5.41, 5.74) is 3.61. The van der Waals surface area contributed by atoms with Crippen molar-refractivity contribution in [1.82, 2.24) is 10.6 Å². The third-order valence-electron chi connectivity index (χ3n) is 5.25. The number of phenolic OH excluding ortho intramolecular Hbond substituents is 1. The Kier molecular flexibility index (Phi) is 5.89. The Morgan fingerprint density at radius 3 is 2.16 bits per heavy atom. The number of fused-ring (bicyclic) bond motifs is 3. The first-order chi connectivity index (χ1) is 15.5. The zero-order chi connectivity index (χ0) is 22.7. The molecule has 0 fully saturated rings. The number of nitrogens with one attached hydrogen (secondary N) is 2. The van der Waals surface area contributed by atoms with Crippen LogP contribution in [0.1, 0.15) is 47.3 Å². The van der Waals surface area contributed by atoms with Gasteiger partial charge in [0.1, 0.15) is 17.1 Å². The van der Waals surface area contributed by atoms with Gasteiger partial charge >= 0.3 is 12.0 Å². The van der Waals surface area contributed by atoms with Crippen molar-refractivity contribution < 1.29 is 24.2 Å². The number of phenols is 1. The molecule has 0 radical (unpaired) electrons. The van der Waals surface area contributed by atoms with Gasteiger partial charge in [-0.25, -0.2) is 4.79 Å².